The molecule has 0 aliphatic carbocycles. The molecule has 5 rings (SSSR count). The molecule has 35 heavy (non-hydrogen) atoms. The molecule has 0 bridgehead atoms. The first-order chi connectivity index (χ1) is 17.1. The van der Waals surface area contributed by atoms with Crippen molar-refractivity contribution in [2.24, 2.45) is 0 Å². The number of hydrogen-bond acceptors (Lipinski definition) is 5. The zero-order valence-corrected chi connectivity index (χ0v) is 21.3. The lowest BCUT2D eigenvalue weighted by molar-refractivity contribution is -0.132. The van der Waals surface area contributed by atoms with E-state index >= 15 is 0 Å². The second-order valence-corrected chi connectivity index (χ2v) is 10.5. The van der Waals surface area contributed by atoms with Crippen LogP contribution in [0.1, 0.15) is 48.9 Å². The van der Waals surface area contributed by atoms with Gasteiger partial charge in [-0.05, 0) is 41.7 Å². The molecule has 0 spiro atoms. The minimum Gasteiger partial charge on any atom is -0.372 e. The molecule has 3 aromatic carbocycles. The van der Waals surface area contributed by atoms with E-state index in [0.717, 1.165) is 29.7 Å². The van der Waals surface area contributed by atoms with Gasteiger partial charge in [0, 0.05) is 25.2 Å². The molecule has 1 fully saturated rings. The van der Waals surface area contributed by atoms with E-state index in [1.807, 2.05) is 65.6 Å². The lowest BCUT2D eigenvalue weighted by Crippen LogP contribution is -2.45. The molecule has 3 aromatic rings. The first kappa shape index (κ1) is 23.9. The van der Waals surface area contributed by atoms with Gasteiger partial charge < -0.3 is 10.2 Å². The highest BCUT2D eigenvalue weighted by Crippen LogP contribution is 2.38. The van der Waals surface area contributed by atoms with E-state index in [9.17, 15) is 4.79 Å². The van der Waals surface area contributed by atoms with Gasteiger partial charge in [-0.2, -0.15) is 0 Å². The third-order valence-corrected chi connectivity index (χ3v) is 7.93. The van der Waals surface area contributed by atoms with Crippen LogP contribution in [0.4, 0.5) is 5.69 Å². The fourth-order valence-corrected chi connectivity index (χ4v) is 6.06. The number of rotatable bonds is 9. The van der Waals surface area contributed by atoms with Gasteiger partial charge in [-0.25, -0.2) is 0 Å². The Labute approximate surface area is 212 Å². The van der Waals surface area contributed by atoms with Crippen molar-refractivity contribution in [1.29, 1.82) is 0 Å². The van der Waals surface area contributed by atoms with Crippen LogP contribution in [0, 0.1) is 0 Å². The summed E-state index contributed by atoms with van der Waals surface area (Å²) in [6, 6.07) is 26.7. The molecule has 2 aliphatic heterocycles. The van der Waals surface area contributed by atoms with E-state index in [4.69, 9.17) is 0 Å². The van der Waals surface area contributed by atoms with E-state index < -0.39 is 5.54 Å². The number of carbonyl (C=O) groups is 1. The van der Waals surface area contributed by atoms with Crippen LogP contribution in [0.15, 0.2) is 78.9 Å². The number of benzene rings is 3. The van der Waals surface area contributed by atoms with Gasteiger partial charge in [-0.3, -0.25) is 14.8 Å². The van der Waals surface area contributed by atoms with Gasteiger partial charge in [-0.1, -0.05) is 98.1 Å². The van der Waals surface area contributed by atoms with Crippen molar-refractivity contribution in [3.8, 4) is 0 Å². The van der Waals surface area contributed by atoms with Crippen molar-refractivity contribution in [3.63, 3.8) is 0 Å². The number of fused-ring (bicyclic) bond motifs is 1. The van der Waals surface area contributed by atoms with Crippen molar-refractivity contribution < 1.29 is 4.79 Å². The lowest BCUT2D eigenvalue weighted by atomic mass is 9.82. The molecule has 2 unspecified atom stereocenters. The molecule has 3 N–H and O–H groups in total. The number of anilines is 1. The summed E-state index contributed by atoms with van der Waals surface area (Å²) < 4.78 is 3.48. The number of amides is 1. The van der Waals surface area contributed by atoms with Crippen LogP contribution in [0.3, 0.4) is 0 Å². The Kier molecular flexibility index (Phi) is 7.14. The molecule has 0 aromatic heterocycles. The summed E-state index contributed by atoms with van der Waals surface area (Å²) in [6.45, 7) is 5.89. The smallest absolute Gasteiger partial charge is 0.253 e. The molecule has 2 heterocycles. The molecule has 5 nitrogen and oxygen atoms in total. The Morgan fingerprint density at radius 1 is 1.03 bits per heavy atom. The summed E-state index contributed by atoms with van der Waals surface area (Å²) in [5.74, 6) is 0.0874. The standard InChI is InChI=1S/C29H34N4OS/c1-3-4-17-30-35-27-19-23-16-15-22(18-26(23)31-27)20-33-21(2)32-29(28(33)34,24-11-7-5-8-12-24)25-13-9-6-10-14-25/h5-16,18,21,27,30-32H,3-4,17,19-20H2,1-2H3. The first-order valence-electron chi connectivity index (χ1n) is 12.6. The van der Waals surface area contributed by atoms with E-state index in [1.165, 1.54) is 24.1 Å². The Morgan fingerprint density at radius 3 is 2.37 bits per heavy atom. The molecule has 0 radical (unpaired) electrons. The van der Waals surface area contributed by atoms with Gasteiger partial charge >= 0.3 is 0 Å². The summed E-state index contributed by atoms with van der Waals surface area (Å²) in [5, 5.41) is 7.65. The highest BCUT2D eigenvalue weighted by Gasteiger charge is 2.52. The fourth-order valence-electron chi connectivity index (χ4n) is 5.14. The largest absolute Gasteiger partial charge is 0.372 e. The van der Waals surface area contributed by atoms with Crippen molar-refractivity contribution in [2.45, 2.75) is 56.7 Å². The monoisotopic (exact) mass is 486 g/mol. The minimum absolute atomic E-state index is 0.0874. The molecule has 1 amide bonds. The van der Waals surface area contributed by atoms with E-state index in [-0.39, 0.29) is 12.1 Å². The fraction of sp³-hybridized carbons (Fsp3) is 0.345. The van der Waals surface area contributed by atoms with Gasteiger partial charge in [0.05, 0.1) is 11.5 Å². The predicted molar refractivity (Wildman–Crippen MR) is 145 cm³/mol. The average molecular weight is 487 g/mol. The maximum Gasteiger partial charge on any atom is 0.253 e. The number of nitrogens with one attached hydrogen (secondary N) is 3. The number of nitrogens with zero attached hydrogens (tertiary/aromatic N) is 1. The van der Waals surface area contributed by atoms with Gasteiger partial charge in [0.15, 0.2) is 5.54 Å². The number of hydrogen-bond donors (Lipinski definition) is 3. The number of carbonyl (C=O) groups excluding carboxylic acids is 1. The molecule has 6 heteroatoms. The Balaban J connectivity index is 1.36. The number of unbranched alkanes of at least 4 members (excludes halogenated alkanes) is 1. The van der Waals surface area contributed by atoms with Crippen molar-refractivity contribution in [1.82, 2.24) is 14.9 Å². The summed E-state index contributed by atoms with van der Waals surface area (Å²) >= 11 is 1.78. The lowest BCUT2D eigenvalue weighted by Gasteiger charge is -2.29. The van der Waals surface area contributed by atoms with Gasteiger partial charge in [0.25, 0.3) is 5.91 Å². The summed E-state index contributed by atoms with van der Waals surface area (Å²) in [7, 11) is 0. The third-order valence-electron chi connectivity index (χ3n) is 7.00. The van der Waals surface area contributed by atoms with Crippen molar-refractivity contribution in [3.05, 3.63) is 101 Å². The van der Waals surface area contributed by atoms with Crippen LogP contribution >= 0.6 is 11.9 Å². The highest BCUT2D eigenvalue weighted by molar-refractivity contribution is 7.98. The molecular formula is C29H34N4OS. The first-order valence-corrected chi connectivity index (χ1v) is 13.5. The predicted octanol–water partition coefficient (Wildman–Crippen LogP) is 5.24. The van der Waals surface area contributed by atoms with Crippen LogP contribution in [0.25, 0.3) is 0 Å². The minimum atomic E-state index is -0.886. The highest BCUT2D eigenvalue weighted by atomic mass is 32.2. The van der Waals surface area contributed by atoms with E-state index in [2.05, 4.69) is 47.4 Å². The summed E-state index contributed by atoms with van der Waals surface area (Å²) in [6.07, 6.45) is 3.30. The quantitative estimate of drug-likeness (QED) is 0.285. The summed E-state index contributed by atoms with van der Waals surface area (Å²) in [5.41, 5.74) is 4.71. The van der Waals surface area contributed by atoms with Crippen LogP contribution < -0.4 is 15.4 Å². The van der Waals surface area contributed by atoms with Gasteiger partial charge in [0.2, 0.25) is 0 Å². The van der Waals surface area contributed by atoms with E-state index in [0.29, 0.717) is 11.9 Å². The Bertz CT molecular complexity index is 1110. The van der Waals surface area contributed by atoms with Crippen LogP contribution in [0.2, 0.25) is 0 Å². The van der Waals surface area contributed by atoms with Crippen molar-refractivity contribution in [2.75, 3.05) is 11.9 Å². The third kappa shape index (κ3) is 4.70. The van der Waals surface area contributed by atoms with Crippen LogP contribution in [-0.2, 0) is 23.3 Å². The maximum absolute atomic E-state index is 14.1. The molecule has 0 saturated carbocycles. The average Bonchev–Trinajstić information content (AvgIpc) is 3.41. The second kappa shape index (κ2) is 10.4. The van der Waals surface area contributed by atoms with Crippen LogP contribution in [0.5, 0.6) is 0 Å². The zero-order valence-electron chi connectivity index (χ0n) is 20.5. The molecular weight excluding hydrogens is 452 g/mol. The van der Waals surface area contributed by atoms with Crippen LogP contribution in [-0.4, -0.2) is 28.9 Å². The van der Waals surface area contributed by atoms with Gasteiger partial charge in [0.1, 0.15) is 0 Å². The normalized spacial score (nSPS) is 20.6. The molecule has 1 saturated heterocycles. The summed E-state index contributed by atoms with van der Waals surface area (Å²) in [4.78, 5) is 16.1. The zero-order chi connectivity index (χ0) is 24.3. The molecule has 2 atom stereocenters. The maximum atomic E-state index is 14.1. The van der Waals surface area contributed by atoms with E-state index in [1.54, 1.807) is 11.9 Å². The van der Waals surface area contributed by atoms with Gasteiger partial charge in [-0.15, -0.1) is 0 Å². The SMILES string of the molecule is CCCCNSC1Cc2ccc(CN3C(=O)C(c4ccccc4)(c4ccccc4)NC3C)cc2N1. The topological polar surface area (TPSA) is 56.4 Å². The molecule has 2 aliphatic rings. The second-order valence-electron chi connectivity index (χ2n) is 9.43. The molecule has 182 valence electrons. The Morgan fingerprint density at radius 2 is 1.71 bits per heavy atom. The van der Waals surface area contributed by atoms with Crippen molar-refractivity contribution >= 4 is 23.5 Å². The Hall–Kier alpha value is -2.80.